The second-order valence-electron chi connectivity index (χ2n) is 9.62. The van der Waals surface area contributed by atoms with E-state index in [4.69, 9.17) is 4.98 Å². The van der Waals surface area contributed by atoms with Crippen molar-refractivity contribution in [3.8, 4) is 0 Å². The van der Waals surface area contributed by atoms with Gasteiger partial charge in [0.25, 0.3) is 0 Å². The van der Waals surface area contributed by atoms with Crippen molar-refractivity contribution in [2.75, 3.05) is 0 Å². The van der Waals surface area contributed by atoms with Crippen molar-refractivity contribution in [1.82, 2.24) is 4.98 Å². The van der Waals surface area contributed by atoms with Crippen molar-refractivity contribution in [2.45, 2.75) is 47.5 Å². The summed E-state index contributed by atoms with van der Waals surface area (Å²) in [5.41, 5.74) is 7.37. The molecule has 1 aliphatic rings. The molecule has 30 heavy (non-hydrogen) atoms. The molecule has 3 aromatic rings. The zero-order valence-corrected chi connectivity index (χ0v) is 18.4. The van der Waals surface area contributed by atoms with Gasteiger partial charge in [0.05, 0.1) is 17.2 Å². The summed E-state index contributed by atoms with van der Waals surface area (Å²) in [5.74, 6) is -0.798. The van der Waals surface area contributed by atoms with Gasteiger partial charge in [-0.25, -0.2) is 4.98 Å². The number of fused-ring (bicyclic) bond motifs is 2. The molecule has 1 atom stereocenters. The van der Waals surface area contributed by atoms with Crippen LogP contribution in [0.25, 0.3) is 22.6 Å². The predicted molar refractivity (Wildman–Crippen MR) is 121 cm³/mol. The van der Waals surface area contributed by atoms with E-state index in [1.807, 2.05) is 24.3 Å². The number of hydrogen-bond donors (Lipinski definition) is 0. The summed E-state index contributed by atoms with van der Waals surface area (Å²) in [5, 5.41) is 12.9. The maximum Gasteiger partial charge on any atom is 0.0725 e. The van der Waals surface area contributed by atoms with Crippen molar-refractivity contribution in [1.29, 1.82) is 0 Å². The van der Waals surface area contributed by atoms with Crippen molar-refractivity contribution in [3.63, 3.8) is 0 Å². The summed E-state index contributed by atoms with van der Waals surface area (Å²) in [6.07, 6.45) is 3.78. The number of carbonyl (C=O) groups is 1. The standard InChI is InChI=1S/C27H29NO2/c1-16-10-11-17(2)18(12-16)13-19-14-20(27(3,4)5)15-22-24(26(29)30)21-8-6-7-9-23(21)28-25(19)22/h6-13,20H,14-15H2,1-5H3,(H,29,30)/p-1/b19-13+/t20-/m0/s1. The van der Waals surface area contributed by atoms with Crippen LogP contribution in [0.2, 0.25) is 0 Å². The fourth-order valence-corrected chi connectivity index (χ4v) is 4.47. The van der Waals surface area contributed by atoms with Gasteiger partial charge in [0.15, 0.2) is 0 Å². The highest BCUT2D eigenvalue weighted by molar-refractivity contribution is 6.05. The fraction of sp³-hybridized carbons (Fsp3) is 0.333. The average molecular weight is 399 g/mol. The predicted octanol–water partition coefficient (Wildman–Crippen LogP) is 5.36. The molecule has 0 spiro atoms. The summed E-state index contributed by atoms with van der Waals surface area (Å²) in [6.45, 7) is 10.9. The van der Waals surface area contributed by atoms with Gasteiger partial charge < -0.3 is 9.90 Å². The molecular weight excluding hydrogens is 370 g/mol. The molecule has 0 amide bonds. The van der Waals surface area contributed by atoms with Gasteiger partial charge in [0, 0.05) is 10.9 Å². The molecule has 0 N–H and O–H groups in total. The molecule has 3 nitrogen and oxygen atoms in total. The lowest BCUT2D eigenvalue weighted by molar-refractivity contribution is -0.254. The van der Waals surface area contributed by atoms with Gasteiger partial charge in [-0.15, -0.1) is 0 Å². The number of aromatic nitrogens is 1. The third kappa shape index (κ3) is 3.65. The van der Waals surface area contributed by atoms with E-state index in [1.165, 1.54) is 11.1 Å². The lowest BCUT2D eigenvalue weighted by Gasteiger charge is -2.37. The second-order valence-corrected chi connectivity index (χ2v) is 9.62. The first-order chi connectivity index (χ1) is 14.1. The Morgan fingerprint density at radius 2 is 1.83 bits per heavy atom. The number of rotatable bonds is 2. The Kier molecular flexibility index (Phi) is 5.01. The third-order valence-electron chi connectivity index (χ3n) is 6.41. The molecule has 1 aliphatic carbocycles. The molecule has 0 saturated carbocycles. The number of aromatic carboxylic acids is 1. The first kappa shape index (κ1) is 20.3. The number of carbonyl (C=O) groups excluding carboxylic acids is 1. The first-order valence-electron chi connectivity index (χ1n) is 10.6. The van der Waals surface area contributed by atoms with Gasteiger partial charge in [-0.05, 0) is 72.4 Å². The van der Waals surface area contributed by atoms with Crippen LogP contribution >= 0.6 is 0 Å². The summed E-state index contributed by atoms with van der Waals surface area (Å²) in [7, 11) is 0. The van der Waals surface area contributed by atoms with Crippen LogP contribution in [0.5, 0.6) is 0 Å². The minimum Gasteiger partial charge on any atom is -0.545 e. The summed E-state index contributed by atoms with van der Waals surface area (Å²) >= 11 is 0. The van der Waals surface area contributed by atoms with E-state index in [2.05, 4.69) is 58.9 Å². The van der Waals surface area contributed by atoms with E-state index in [9.17, 15) is 9.90 Å². The topological polar surface area (TPSA) is 53.0 Å². The quantitative estimate of drug-likeness (QED) is 0.583. The first-order valence-corrected chi connectivity index (χ1v) is 10.6. The maximum atomic E-state index is 12.2. The summed E-state index contributed by atoms with van der Waals surface area (Å²) < 4.78 is 0. The molecule has 0 aliphatic heterocycles. The number of carboxylic acid groups (broad SMARTS) is 1. The molecular formula is C27H28NO2-. The highest BCUT2D eigenvalue weighted by Crippen LogP contribution is 2.44. The normalized spacial score (nSPS) is 17.9. The Morgan fingerprint density at radius 1 is 1.10 bits per heavy atom. The lowest BCUT2D eigenvalue weighted by atomic mass is 9.69. The molecule has 4 rings (SSSR count). The number of carboxylic acids is 1. The fourth-order valence-electron chi connectivity index (χ4n) is 4.47. The van der Waals surface area contributed by atoms with Crippen LogP contribution in [-0.2, 0) is 6.42 Å². The molecule has 1 aromatic heterocycles. The minimum absolute atomic E-state index is 0.0489. The van der Waals surface area contributed by atoms with Crippen LogP contribution < -0.4 is 5.11 Å². The Balaban J connectivity index is 2.03. The second kappa shape index (κ2) is 7.39. The zero-order valence-electron chi connectivity index (χ0n) is 18.4. The number of aryl methyl sites for hydroxylation is 2. The Bertz CT molecular complexity index is 1180. The van der Waals surface area contributed by atoms with Crippen LogP contribution in [0.4, 0.5) is 0 Å². The van der Waals surface area contributed by atoms with Crippen molar-refractivity contribution in [2.24, 2.45) is 11.3 Å². The van der Waals surface area contributed by atoms with Crippen molar-refractivity contribution >= 4 is 28.5 Å². The van der Waals surface area contributed by atoms with Crippen LogP contribution in [-0.4, -0.2) is 11.0 Å². The monoisotopic (exact) mass is 398 g/mol. The minimum atomic E-state index is -1.12. The third-order valence-corrected chi connectivity index (χ3v) is 6.41. The average Bonchev–Trinajstić information content (AvgIpc) is 2.68. The Morgan fingerprint density at radius 3 is 2.53 bits per heavy atom. The summed E-state index contributed by atoms with van der Waals surface area (Å²) in [4.78, 5) is 17.2. The number of pyridine rings is 1. The zero-order chi connectivity index (χ0) is 21.6. The maximum absolute atomic E-state index is 12.2. The molecule has 0 saturated heterocycles. The highest BCUT2D eigenvalue weighted by atomic mass is 16.4. The number of hydrogen-bond acceptors (Lipinski definition) is 3. The molecule has 0 radical (unpaired) electrons. The summed E-state index contributed by atoms with van der Waals surface area (Å²) in [6, 6.07) is 13.9. The van der Waals surface area contributed by atoms with E-state index < -0.39 is 5.97 Å². The van der Waals surface area contributed by atoms with E-state index in [0.29, 0.717) is 28.8 Å². The van der Waals surface area contributed by atoms with Crippen LogP contribution in [0.3, 0.4) is 0 Å². The van der Waals surface area contributed by atoms with E-state index >= 15 is 0 Å². The van der Waals surface area contributed by atoms with Gasteiger partial charge in [0.1, 0.15) is 0 Å². The van der Waals surface area contributed by atoms with E-state index in [-0.39, 0.29) is 5.41 Å². The van der Waals surface area contributed by atoms with Crippen molar-refractivity contribution in [3.05, 3.63) is 76.0 Å². The van der Waals surface area contributed by atoms with Crippen LogP contribution in [0.15, 0.2) is 42.5 Å². The molecule has 1 heterocycles. The molecule has 154 valence electrons. The number of benzene rings is 2. The largest absolute Gasteiger partial charge is 0.545 e. The SMILES string of the molecule is Cc1ccc(C)c(/C=C2\C[C@H](C(C)(C)C)Cc3c2nc2ccccc2c3C(=O)[O-])c1. The Labute approximate surface area is 178 Å². The molecule has 0 unspecified atom stereocenters. The Hall–Kier alpha value is -2.94. The molecule has 0 fully saturated rings. The molecule has 2 aromatic carbocycles. The van der Waals surface area contributed by atoms with Gasteiger partial charge in [0.2, 0.25) is 0 Å². The van der Waals surface area contributed by atoms with Crippen LogP contribution in [0, 0.1) is 25.2 Å². The smallest absolute Gasteiger partial charge is 0.0725 e. The highest BCUT2D eigenvalue weighted by Gasteiger charge is 2.34. The number of para-hydroxylation sites is 1. The van der Waals surface area contributed by atoms with E-state index in [0.717, 1.165) is 28.8 Å². The number of allylic oxidation sites excluding steroid dienone is 1. The molecule has 3 heteroatoms. The van der Waals surface area contributed by atoms with Gasteiger partial charge in [-0.3, -0.25) is 0 Å². The van der Waals surface area contributed by atoms with Gasteiger partial charge in [-0.1, -0.05) is 62.7 Å². The van der Waals surface area contributed by atoms with Crippen molar-refractivity contribution < 1.29 is 9.90 Å². The van der Waals surface area contributed by atoms with Gasteiger partial charge >= 0.3 is 0 Å². The molecule has 0 bridgehead atoms. The van der Waals surface area contributed by atoms with Crippen LogP contribution in [0.1, 0.15) is 65.5 Å². The number of nitrogens with zero attached hydrogens (tertiary/aromatic N) is 1. The van der Waals surface area contributed by atoms with E-state index in [1.54, 1.807) is 0 Å². The lowest BCUT2D eigenvalue weighted by Crippen LogP contribution is -2.31. The van der Waals surface area contributed by atoms with Gasteiger partial charge in [-0.2, -0.15) is 0 Å².